The summed E-state index contributed by atoms with van der Waals surface area (Å²) in [5.41, 5.74) is 9.83. The Hall–Kier alpha value is -2.20. The van der Waals surface area contributed by atoms with E-state index in [2.05, 4.69) is 35.2 Å². The van der Waals surface area contributed by atoms with Gasteiger partial charge in [-0.05, 0) is 24.1 Å². The maximum atomic E-state index is 6.12. The molecule has 1 unspecified atom stereocenters. The highest BCUT2D eigenvalue weighted by atomic mass is 16.5. The molecule has 22 heavy (non-hydrogen) atoms. The predicted molar refractivity (Wildman–Crippen MR) is 88.8 cm³/mol. The number of nitrogens with zero attached hydrogens (tertiary/aromatic N) is 1. The third-order valence-corrected chi connectivity index (χ3v) is 4.31. The summed E-state index contributed by atoms with van der Waals surface area (Å²) in [6, 6.07) is 14.6. The highest BCUT2D eigenvalue weighted by Crippen LogP contribution is 2.40. The number of ether oxygens (including phenoxy) is 2. The monoisotopic (exact) mass is 298 g/mol. The molecule has 0 saturated carbocycles. The molecule has 1 heterocycles. The lowest BCUT2D eigenvalue weighted by molar-refractivity contribution is 0.349. The second kappa shape index (κ2) is 6.28. The molecule has 2 aromatic rings. The zero-order valence-electron chi connectivity index (χ0n) is 13.1. The van der Waals surface area contributed by atoms with Crippen LogP contribution >= 0.6 is 0 Å². The average molecular weight is 298 g/mol. The Kier molecular flexibility index (Phi) is 4.20. The van der Waals surface area contributed by atoms with Gasteiger partial charge >= 0.3 is 0 Å². The van der Waals surface area contributed by atoms with Gasteiger partial charge in [0.05, 0.1) is 20.3 Å². The number of benzene rings is 2. The van der Waals surface area contributed by atoms with Crippen LogP contribution in [0.3, 0.4) is 0 Å². The number of para-hydroxylation sites is 2. The second-order valence-corrected chi connectivity index (χ2v) is 5.41. The van der Waals surface area contributed by atoms with Crippen molar-refractivity contribution in [1.82, 2.24) is 0 Å². The SMILES string of the molecule is COc1cccc(C(CN)N2CCc3ccccc32)c1OC. The molecule has 1 atom stereocenters. The summed E-state index contributed by atoms with van der Waals surface area (Å²) < 4.78 is 11.0. The van der Waals surface area contributed by atoms with Crippen LogP contribution in [0.5, 0.6) is 11.5 Å². The Labute approximate surface area is 131 Å². The van der Waals surface area contributed by atoms with Crippen molar-refractivity contribution < 1.29 is 9.47 Å². The number of fused-ring (bicyclic) bond motifs is 1. The lowest BCUT2D eigenvalue weighted by Gasteiger charge is -2.31. The van der Waals surface area contributed by atoms with Crippen LogP contribution in [0.2, 0.25) is 0 Å². The quantitative estimate of drug-likeness (QED) is 0.922. The van der Waals surface area contributed by atoms with Crippen LogP contribution < -0.4 is 20.1 Å². The summed E-state index contributed by atoms with van der Waals surface area (Å²) in [4.78, 5) is 2.37. The van der Waals surface area contributed by atoms with Gasteiger partial charge in [0.1, 0.15) is 0 Å². The van der Waals surface area contributed by atoms with E-state index in [0.29, 0.717) is 6.54 Å². The van der Waals surface area contributed by atoms with E-state index in [9.17, 15) is 0 Å². The van der Waals surface area contributed by atoms with Gasteiger partial charge in [-0.3, -0.25) is 0 Å². The molecule has 4 heteroatoms. The first-order valence-electron chi connectivity index (χ1n) is 7.55. The first-order chi connectivity index (χ1) is 10.8. The number of nitrogens with two attached hydrogens (primary N) is 1. The Bertz CT molecular complexity index is 657. The molecular formula is C18H22N2O2. The summed E-state index contributed by atoms with van der Waals surface area (Å²) >= 11 is 0. The van der Waals surface area contributed by atoms with Gasteiger partial charge in [-0.25, -0.2) is 0 Å². The lowest BCUT2D eigenvalue weighted by Crippen LogP contribution is -2.32. The molecule has 3 rings (SSSR count). The van der Waals surface area contributed by atoms with E-state index in [1.807, 2.05) is 12.1 Å². The van der Waals surface area contributed by atoms with Crippen molar-refractivity contribution in [2.24, 2.45) is 5.73 Å². The fraction of sp³-hybridized carbons (Fsp3) is 0.333. The number of methoxy groups -OCH3 is 2. The summed E-state index contributed by atoms with van der Waals surface area (Å²) in [5, 5.41) is 0. The molecule has 0 aliphatic carbocycles. The Morgan fingerprint density at radius 3 is 2.64 bits per heavy atom. The summed E-state index contributed by atoms with van der Waals surface area (Å²) in [7, 11) is 3.33. The summed E-state index contributed by atoms with van der Waals surface area (Å²) in [6.45, 7) is 1.50. The van der Waals surface area contributed by atoms with E-state index in [1.165, 1.54) is 11.3 Å². The first-order valence-corrected chi connectivity index (χ1v) is 7.55. The second-order valence-electron chi connectivity index (χ2n) is 5.41. The van der Waals surface area contributed by atoms with Crippen LogP contribution in [0.15, 0.2) is 42.5 Å². The molecule has 0 radical (unpaired) electrons. The smallest absolute Gasteiger partial charge is 0.166 e. The Morgan fingerprint density at radius 2 is 1.91 bits per heavy atom. The van der Waals surface area contributed by atoms with Crippen LogP contribution in [0, 0.1) is 0 Å². The minimum atomic E-state index is 0.0775. The summed E-state index contributed by atoms with van der Waals surface area (Å²) in [6.07, 6.45) is 1.05. The van der Waals surface area contributed by atoms with Crippen molar-refractivity contribution in [3.63, 3.8) is 0 Å². The van der Waals surface area contributed by atoms with Crippen LogP contribution in [0.4, 0.5) is 5.69 Å². The van der Waals surface area contributed by atoms with E-state index in [4.69, 9.17) is 15.2 Å². The Balaban J connectivity index is 2.03. The van der Waals surface area contributed by atoms with Crippen molar-refractivity contribution in [3.05, 3.63) is 53.6 Å². The van der Waals surface area contributed by atoms with Crippen molar-refractivity contribution in [3.8, 4) is 11.5 Å². The minimum absolute atomic E-state index is 0.0775. The predicted octanol–water partition coefficient (Wildman–Crippen LogP) is 2.77. The van der Waals surface area contributed by atoms with Gasteiger partial charge in [0, 0.05) is 24.3 Å². The van der Waals surface area contributed by atoms with E-state index in [1.54, 1.807) is 14.2 Å². The zero-order valence-corrected chi connectivity index (χ0v) is 13.1. The maximum absolute atomic E-state index is 6.12. The largest absolute Gasteiger partial charge is 0.493 e. The molecule has 2 N–H and O–H groups in total. The number of anilines is 1. The molecule has 4 nitrogen and oxygen atoms in total. The van der Waals surface area contributed by atoms with Crippen molar-refractivity contribution >= 4 is 5.69 Å². The molecule has 1 aliphatic rings. The molecule has 0 spiro atoms. The fourth-order valence-electron chi connectivity index (χ4n) is 3.28. The molecule has 2 aromatic carbocycles. The molecule has 0 fully saturated rings. The van der Waals surface area contributed by atoms with Gasteiger partial charge < -0.3 is 20.1 Å². The van der Waals surface area contributed by atoms with E-state index >= 15 is 0 Å². The van der Waals surface area contributed by atoms with Gasteiger partial charge in [0.15, 0.2) is 11.5 Å². The van der Waals surface area contributed by atoms with Crippen molar-refractivity contribution in [2.45, 2.75) is 12.5 Å². The van der Waals surface area contributed by atoms with Gasteiger partial charge in [-0.2, -0.15) is 0 Å². The molecule has 0 saturated heterocycles. The molecule has 116 valence electrons. The van der Waals surface area contributed by atoms with Crippen LogP contribution in [0.25, 0.3) is 0 Å². The summed E-state index contributed by atoms with van der Waals surface area (Å²) in [5.74, 6) is 1.51. The third kappa shape index (κ3) is 2.40. The highest BCUT2D eigenvalue weighted by Gasteiger charge is 2.28. The molecule has 0 amide bonds. The maximum Gasteiger partial charge on any atom is 0.166 e. The lowest BCUT2D eigenvalue weighted by atomic mass is 10.0. The number of hydrogen-bond donors (Lipinski definition) is 1. The average Bonchev–Trinajstić information content (AvgIpc) is 2.99. The van der Waals surface area contributed by atoms with E-state index in [0.717, 1.165) is 30.0 Å². The standard InChI is InChI=1S/C18H22N2O2/c1-21-17-9-5-7-14(18(17)22-2)16(12-19)20-11-10-13-6-3-4-8-15(13)20/h3-9,16H,10-12,19H2,1-2H3. The third-order valence-electron chi connectivity index (χ3n) is 4.31. The molecular weight excluding hydrogens is 276 g/mol. The molecule has 0 bridgehead atoms. The van der Waals surface area contributed by atoms with Gasteiger partial charge in [0.25, 0.3) is 0 Å². The molecule has 1 aliphatic heterocycles. The number of rotatable bonds is 5. The van der Waals surface area contributed by atoms with Crippen LogP contribution in [-0.2, 0) is 6.42 Å². The van der Waals surface area contributed by atoms with Gasteiger partial charge in [-0.1, -0.05) is 30.3 Å². The van der Waals surface area contributed by atoms with Crippen molar-refractivity contribution in [1.29, 1.82) is 0 Å². The van der Waals surface area contributed by atoms with E-state index in [-0.39, 0.29) is 6.04 Å². The van der Waals surface area contributed by atoms with E-state index < -0.39 is 0 Å². The zero-order chi connectivity index (χ0) is 15.5. The van der Waals surface area contributed by atoms with Crippen LogP contribution in [-0.4, -0.2) is 27.3 Å². The van der Waals surface area contributed by atoms with Crippen LogP contribution in [0.1, 0.15) is 17.2 Å². The minimum Gasteiger partial charge on any atom is -0.493 e. The normalized spacial score (nSPS) is 14.6. The van der Waals surface area contributed by atoms with Gasteiger partial charge in [0.2, 0.25) is 0 Å². The topological polar surface area (TPSA) is 47.7 Å². The fourth-order valence-corrected chi connectivity index (χ4v) is 3.28. The number of hydrogen-bond acceptors (Lipinski definition) is 4. The molecule has 0 aromatic heterocycles. The Morgan fingerprint density at radius 1 is 1.09 bits per heavy atom. The first kappa shape index (κ1) is 14.7. The van der Waals surface area contributed by atoms with Gasteiger partial charge in [-0.15, -0.1) is 0 Å². The highest BCUT2D eigenvalue weighted by molar-refractivity contribution is 5.61. The van der Waals surface area contributed by atoms with Crippen molar-refractivity contribution in [2.75, 3.05) is 32.2 Å².